The van der Waals surface area contributed by atoms with E-state index in [1.54, 1.807) is 48.3 Å². The Kier molecular flexibility index (Phi) is 6.31. The zero-order chi connectivity index (χ0) is 22.0. The van der Waals surface area contributed by atoms with Gasteiger partial charge < -0.3 is 14.4 Å². The molecular formula is C22H24ClN3O4. The predicted octanol–water partition coefficient (Wildman–Crippen LogP) is 3.83. The average Bonchev–Trinajstić information content (AvgIpc) is 2.75. The molecule has 7 nitrogen and oxygen atoms in total. The topological polar surface area (TPSA) is 73.7 Å². The molecule has 0 spiro atoms. The molecule has 158 valence electrons. The monoisotopic (exact) mass is 429 g/mol. The third-order valence-corrected chi connectivity index (χ3v) is 5.35. The Balaban J connectivity index is 2.06. The molecule has 0 bridgehead atoms. The van der Waals surface area contributed by atoms with E-state index >= 15 is 0 Å². The highest BCUT2D eigenvalue weighted by atomic mass is 35.5. The first-order chi connectivity index (χ1) is 14.3. The van der Waals surface area contributed by atoms with E-state index in [9.17, 15) is 9.59 Å². The Hall–Kier alpha value is -3.06. The van der Waals surface area contributed by atoms with Crippen molar-refractivity contribution >= 4 is 28.4 Å². The molecule has 0 fully saturated rings. The van der Waals surface area contributed by atoms with Crippen LogP contribution in [-0.4, -0.2) is 41.1 Å². The van der Waals surface area contributed by atoms with Crippen molar-refractivity contribution in [2.24, 2.45) is 7.05 Å². The normalized spacial score (nSPS) is 11.9. The van der Waals surface area contributed by atoms with Gasteiger partial charge in [0.2, 0.25) is 0 Å². The van der Waals surface area contributed by atoms with E-state index in [-0.39, 0.29) is 11.5 Å². The SMILES string of the molecule is CCN(C(=O)c1cc(OC)cc(OC)c1)C(C)c1nc2cc(Cl)ccc2c(=O)n1C. The zero-order valence-corrected chi connectivity index (χ0v) is 18.4. The van der Waals surface area contributed by atoms with Crippen LogP contribution in [0.3, 0.4) is 0 Å². The van der Waals surface area contributed by atoms with Gasteiger partial charge in [0.25, 0.3) is 11.5 Å². The number of fused-ring (bicyclic) bond motifs is 1. The summed E-state index contributed by atoms with van der Waals surface area (Å²) >= 11 is 6.08. The molecular weight excluding hydrogens is 406 g/mol. The molecule has 1 heterocycles. The number of rotatable bonds is 6. The van der Waals surface area contributed by atoms with Gasteiger partial charge in [0.15, 0.2) is 0 Å². The molecule has 1 amide bonds. The minimum absolute atomic E-state index is 0.190. The smallest absolute Gasteiger partial charge is 0.261 e. The highest BCUT2D eigenvalue weighted by molar-refractivity contribution is 6.31. The Labute approximate surface area is 179 Å². The molecule has 3 rings (SSSR count). The summed E-state index contributed by atoms with van der Waals surface area (Å²) < 4.78 is 12.0. The summed E-state index contributed by atoms with van der Waals surface area (Å²) in [5.74, 6) is 1.29. The summed E-state index contributed by atoms with van der Waals surface area (Å²) in [4.78, 5) is 32.4. The summed E-state index contributed by atoms with van der Waals surface area (Å²) in [6.45, 7) is 4.14. The van der Waals surface area contributed by atoms with Crippen LogP contribution in [0.2, 0.25) is 5.02 Å². The summed E-state index contributed by atoms with van der Waals surface area (Å²) in [5, 5.41) is 0.971. The molecule has 30 heavy (non-hydrogen) atoms. The van der Waals surface area contributed by atoms with Crippen LogP contribution in [0.4, 0.5) is 0 Å². The van der Waals surface area contributed by atoms with Crippen LogP contribution in [0.25, 0.3) is 10.9 Å². The quantitative estimate of drug-likeness (QED) is 0.595. The van der Waals surface area contributed by atoms with Gasteiger partial charge in [-0.3, -0.25) is 14.2 Å². The van der Waals surface area contributed by atoms with E-state index in [0.717, 1.165) is 0 Å². The lowest BCUT2D eigenvalue weighted by molar-refractivity contribution is 0.0691. The number of hydrogen-bond donors (Lipinski definition) is 0. The first-order valence-corrected chi connectivity index (χ1v) is 9.88. The van der Waals surface area contributed by atoms with E-state index < -0.39 is 6.04 Å². The van der Waals surface area contributed by atoms with Gasteiger partial charge >= 0.3 is 0 Å². The molecule has 0 radical (unpaired) electrons. The number of nitrogens with zero attached hydrogens (tertiary/aromatic N) is 3. The lowest BCUT2D eigenvalue weighted by atomic mass is 10.1. The van der Waals surface area contributed by atoms with Crippen molar-refractivity contribution in [2.45, 2.75) is 19.9 Å². The second kappa shape index (κ2) is 8.75. The van der Waals surface area contributed by atoms with Crippen molar-refractivity contribution in [3.8, 4) is 11.5 Å². The molecule has 1 aromatic heterocycles. The van der Waals surface area contributed by atoms with E-state index in [2.05, 4.69) is 4.98 Å². The summed E-state index contributed by atoms with van der Waals surface area (Å²) in [5.41, 5.74) is 0.734. The maximum absolute atomic E-state index is 13.3. The van der Waals surface area contributed by atoms with Crippen LogP contribution in [-0.2, 0) is 7.05 Å². The standard InChI is InChI=1S/C22H24ClN3O4/c1-6-26(21(27)14-9-16(29-4)12-17(10-14)30-5)13(2)20-24-19-11-15(23)7-8-18(19)22(28)25(20)3/h7-13H,6H2,1-5H3. The van der Waals surface area contributed by atoms with Crippen LogP contribution < -0.4 is 15.0 Å². The highest BCUT2D eigenvalue weighted by Gasteiger charge is 2.26. The van der Waals surface area contributed by atoms with Gasteiger partial charge in [-0.05, 0) is 44.2 Å². The maximum atomic E-state index is 13.3. The fourth-order valence-electron chi connectivity index (χ4n) is 3.46. The number of hydrogen-bond acceptors (Lipinski definition) is 5. The van der Waals surface area contributed by atoms with Crippen molar-refractivity contribution in [1.29, 1.82) is 0 Å². The number of methoxy groups -OCH3 is 2. The van der Waals surface area contributed by atoms with Gasteiger partial charge in [-0.15, -0.1) is 0 Å². The number of carbonyl (C=O) groups excluding carboxylic acids is 1. The predicted molar refractivity (Wildman–Crippen MR) is 117 cm³/mol. The largest absolute Gasteiger partial charge is 0.497 e. The van der Waals surface area contributed by atoms with Gasteiger partial charge in [-0.1, -0.05) is 11.6 Å². The van der Waals surface area contributed by atoms with Gasteiger partial charge in [-0.2, -0.15) is 0 Å². The molecule has 1 unspecified atom stereocenters. The Bertz CT molecular complexity index is 1140. The molecule has 0 aliphatic rings. The number of aromatic nitrogens is 2. The van der Waals surface area contributed by atoms with Crippen LogP contribution in [0.15, 0.2) is 41.2 Å². The molecule has 2 aromatic carbocycles. The van der Waals surface area contributed by atoms with Gasteiger partial charge in [0, 0.05) is 30.2 Å². The third kappa shape index (κ3) is 3.98. The Morgan fingerprint density at radius 3 is 2.37 bits per heavy atom. The number of carbonyl (C=O) groups is 1. The first kappa shape index (κ1) is 21.6. The van der Waals surface area contributed by atoms with E-state index in [1.165, 1.54) is 18.8 Å². The van der Waals surface area contributed by atoms with Crippen molar-refractivity contribution in [3.05, 3.63) is 63.2 Å². The molecule has 0 aliphatic carbocycles. The van der Waals surface area contributed by atoms with Crippen LogP contribution in [0.1, 0.15) is 36.1 Å². The lowest BCUT2D eigenvalue weighted by Crippen LogP contribution is -2.37. The average molecular weight is 430 g/mol. The summed E-state index contributed by atoms with van der Waals surface area (Å²) in [7, 11) is 4.72. The number of benzene rings is 2. The molecule has 0 N–H and O–H groups in total. The Morgan fingerprint density at radius 1 is 1.17 bits per heavy atom. The second-order valence-corrected chi connectivity index (χ2v) is 7.30. The molecule has 8 heteroatoms. The summed E-state index contributed by atoms with van der Waals surface area (Å²) in [6, 6.07) is 9.54. The van der Waals surface area contributed by atoms with Crippen molar-refractivity contribution in [1.82, 2.24) is 14.5 Å². The molecule has 1 atom stereocenters. The van der Waals surface area contributed by atoms with Crippen molar-refractivity contribution < 1.29 is 14.3 Å². The third-order valence-electron chi connectivity index (χ3n) is 5.11. The van der Waals surface area contributed by atoms with E-state index in [0.29, 0.717) is 45.4 Å². The lowest BCUT2D eigenvalue weighted by Gasteiger charge is -2.29. The molecule has 3 aromatic rings. The maximum Gasteiger partial charge on any atom is 0.261 e. The number of ether oxygens (including phenoxy) is 2. The minimum atomic E-state index is -0.458. The fourth-order valence-corrected chi connectivity index (χ4v) is 3.63. The zero-order valence-electron chi connectivity index (χ0n) is 17.6. The molecule has 0 saturated heterocycles. The van der Waals surface area contributed by atoms with Gasteiger partial charge in [-0.25, -0.2) is 4.98 Å². The van der Waals surface area contributed by atoms with Crippen LogP contribution >= 0.6 is 11.6 Å². The second-order valence-electron chi connectivity index (χ2n) is 6.86. The Morgan fingerprint density at radius 2 is 1.80 bits per heavy atom. The van der Waals surface area contributed by atoms with E-state index in [4.69, 9.17) is 21.1 Å². The van der Waals surface area contributed by atoms with Crippen LogP contribution in [0, 0.1) is 0 Å². The van der Waals surface area contributed by atoms with Gasteiger partial charge in [0.05, 0.1) is 31.2 Å². The number of amides is 1. The minimum Gasteiger partial charge on any atom is -0.497 e. The number of halogens is 1. The van der Waals surface area contributed by atoms with Crippen molar-refractivity contribution in [3.63, 3.8) is 0 Å². The van der Waals surface area contributed by atoms with Crippen molar-refractivity contribution in [2.75, 3.05) is 20.8 Å². The molecule has 0 aliphatic heterocycles. The van der Waals surface area contributed by atoms with Gasteiger partial charge in [0.1, 0.15) is 17.3 Å². The molecule has 0 saturated carbocycles. The fraction of sp³-hybridized carbons (Fsp3) is 0.318. The van der Waals surface area contributed by atoms with E-state index in [1.807, 2.05) is 13.8 Å². The first-order valence-electron chi connectivity index (χ1n) is 9.50. The highest BCUT2D eigenvalue weighted by Crippen LogP contribution is 2.27. The summed E-state index contributed by atoms with van der Waals surface area (Å²) in [6.07, 6.45) is 0. The van der Waals surface area contributed by atoms with Crippen LogP contribution in [0.5, 0.6) is 11.5 Å².